The molecule has 0 saturated heterocycles. The third-order valence-electron chi connectivity index (χ3n) is 6.50. The van der Waals surface area contributed by atoms with Crippen LogP contribution in [-0.4, -0.2) is 35.1 Å². The van der Waals surface area contributed by atoms with Crippen molar-refractivity contribution in [3.63, 3.8) is 0 Å². The molecule has 36 heavy (non-hydrogen) atoms. The van der Waals surface area contributed by atoms with Crippen LogP contribution in [0.3, 0.4) is 0 Å². The van der Waals surface area contributed by atoms with Gasteiger partial charge in [0.1, 0.15) is 17.3 Å². The molecule has 0 unspecified atom stereocenters. The molecule has 0 fully saturated rings. The summed E-state index contributed by atoms with van der Waals surface area (Å²) in [6, 6.07) is 15.6. The molecule has 0 aliphatic carbocycles. The number of anilines is 3. The molecule has 182 valence electrons. The summed E-state index contributed by atoms with van der Waals surface area (Å²) in [4.78, 5) is 31.0. The lowest BCUT2D eigenvalue weighted by atomic mass is 9.96. The minimum Gasteiger partial charge on any atom is -0.464 e. The van der Waals surface area contributed by atoms with E-state index in [-0.39, 0.29) is 11.7 Å². The molecule has 0 radical (unpaired) electrons. The van der Waals surface area contributed by atoms with Gasteiger partial charge in [-0.3, -0.25) is 9.78 Å². The van der Waals surface area contributed by atoms with Crippen molar-refractivity contribution < 1.29 is 18.7 Å². The van der Waals surface area contributed by atoms with E-state index >= 15 is 0 Å². The third kappa shape index (κ3) is 4.00. The number of amides is 1. The summed E-state index contributed by atoms with van der Waals surface area (Å²) in [5, 5.41) is 3.47. The Balaban J connectivity index is 1.73. The molecule has 0 saturated carbocycles. The molecule has 7 nitrogen and oxygen atoms in total. The highest BCUT2D eigenvalue weighted by molar-refractivity contribution is 6.06. The topological polar surface area (TPSA) is 76.5 Å². The molecule has 2 aromatic carbocycles. The summed E-state index contributed by atoms with van der Waals surface area (Å²) in [7, 11) is 3.11. The summed E-state index contributed by atoms with van der Waals surface area (Å²) in [5.41, 5.74) is 5.93. The summed E-state index contributed by atoms with van der Waals surface area (Å²) in [5.74, 6) is -0.245. The Kier molecular flexibility index (Phi) is 6.01. The number of carbonyl (C=O) groups excluding carboxylic acids is 2. The zero-order valence-electron chi connectivity index (χ0n) is 20.2. The number of esters is 1. The SMILES string of the molecule is COC(=O)c1c(-c2ccc(F)cc2)c(-c2ccncc2)c(Nc2ccc3c(c2)N(C(C)=O)CC3)n1C. The minimum absolute atomic E-state index is 0.00573. The summed E-state index contributed by atoms with van der Waals surface area (Å²) < 4.78 is 20.7. The van der Waals surface area contributed by atoms with Crippen molar-refractivity contribution in [3.8, 4) is 22.3 Å². The monoisotopic (exact) mass is 484 g/mol. The van der Waals surface area contributed by atoms with Crippen LogP contribution in [0, 0.1) is 5.82 Å². The van der Waals surface area contributed by atoms with Crippen molar-refractivity contribution in [1.29, 1.82) is 0 Å². The molecule has 5 rings (SSSR count). The van der Waals surface area contributed by atoms with Crippen LogP contribution in [0.15, 0.2) is 67.0 Å². The zero-order valence-corrected chi connectivity index (χ0v) is 20.2. The van der Waals surface area contributed by atoms with E-state index in [4.69, 9.17) is 4.74 Å². The van der Waals surface area contributed by atoms with Gasteiger partial charge in [0.2, 0.25) is 5.91 Å². The molecule has 0 spiro atoms. The quantitative estimate of drug-likeness (QED) is 0.388. The normalized spacial score (nSPS) is 12.4. The number of benzene rings is 2. The number of halogens is 1. The Morgan fingerprint density at radius 1 is 1.00 bits per heavy atom. The first-order chi connectivity index (χ1) is 17.4. The second kappa shape index (κ2) is 9.30. The van der Waals surface area contributed by atoms with Crippen molar-refractivity contribution in [2.75, 3.05) is 23.9 Å². The van der Waals surface area contributed by atoms with Crippen molar-refractivity contribution >= 4 is 29.1 Å². The number of carbonyl (C=O) groups is 2. The van der Waals surface area contributed by atoms with E-state index in [1.165, 1.54) is 19.2 Å². The zero-order chi connectivity index (χ0) is 25.4. The van der Waals surface area contributed by atoms with Crippen LogP contribution in [0.25, 0.3) is 22.3 Å². The lowest BCUT2D eigenvalue weighted by Gasteiger charge is -2.17. The predicted octanol–water partition coefficient (Wildman–Crippen LogP) is 5.33. The maximum atomic E-state index is 13.8. The van der Waals surface area contributed by atoms with E-state index < -0.39 is 5.97 Å². The van der Waals surface area contributed by atoms with E-state index in [1.54, 1.807) is 48.0 Å². The molecular formula is C28H25FN4O3. The molecule has 0 bridgehead atoms. The molecule has 8 heteroatoms. The van der Waals surface area contributed by atoms with Crippen molar-refractivity contribution in [2.24, 2.45) is 7.05 Å². The fraction of sp³-hybridized carbons (Fsp3) is 0.179. The summed E-state index contributed by atoms with van der Waals surface area (Å²) in [6.45, 7) is 2.22. The van der Waals surface area contributed by atoms with Crippen LogP contribution in [0.2, 0.25) is 0 Å². The predicted molar refractivity (Wildman–Crippen MR) is 137 cm³/mol. The number of aromatic nitrogens is 2. The first-order valence-electron chi connectivity index (χ1n) is 11.5. The second-order valence-electron chi connectivity index (χ2n) is 8.63. The van der Waals surface area contributed by atoms with E-state index in [0.717, 1.165) is 34.5 Å². The molecule has 4 aromatic rings. The molecule has 3 heterocycles. The van der Waals surface area contributed by atoms with Crippen LogP contribution >= 0.6 is 0 Å². The second-order valence-corrected chi connectivity index (χ2v) is 8.63. The molecule has 0 atom stereocenters. The number of nitrogens with zero attached hydrogens (tertiary/aromatic N) is 3. The fourth-order valence-corrected chi connectivity index (χ4v) is 4.78. The van der Waals surface area contributed by atoms with Gasteiger partial charge in [-0.1, -0.05) is 18.2 Å². The number of methoxy groups -OCH3 is 1. The van der Waals surface area contributed by atoms with Gasteiger partial charge in [0.05, 0.1) is 7.11 Å². The van der Waals surface area contributed by atoms with Gasteiger partial charge in [-0.2, -0.15) is 0 Å². The molecule has 1 N–H and O–H groups in total. The number of hydrogen-bond acceptors (Lipinski definition) is 5. The number of ether oxygens (including phenoxy) is 1. The minimum atomic E-state index is -0.517. The highest BCUT2D eigenvalue weighted by Crippen LogP contribution is 2.44. The first-order valence-corrected chi connectivity index (χ1v) is 11.5. The van der Waals surface area contributed by atoms with Gasteiger partial charge >= 0.3 is 5.97 Å². The largest absolute Gasteiger partial charge is 0.464 e. The van der Waals surface area contributed by atoms with Gasteiger partial charge < -0.3 is 19.5 Å². The van der Waals surface area contributed by atoms with E-state index in [2.05, 4.69) is 10.3 Å². The van der Waals surface area contributed by atoms with E-state index in [9.17, 15) is 14.0 Å². The van der Waals surface area contributed by atoms with Gasteiger partial charge in [0.25, 0.3) is 0 Å². The van der Waals surface area contributed by atoms with Gasteiger partial charge in [-0.25, -0.2) is 9.18 Å². The van der Waals surface area contributed by atoms with Crippen LogP contribution in [0.1, 0.15) is 23.0 Å². The van der Waals surface area contributed by atoms with E-state index in [0.29, 0.717) is 29.2 Å². The Morgan fingerprint density at radius 3 is 2.36 bits per heavy atom. The molecule has 1 amide bonds. The number of rotatable bonds is 5. The van der Waals surface area contributed by atoms with Crippen molar-refractivity contribution in [2.45, 2.75) is 13.3 Å². The summed E-state index contributed by atoms with van der Waals surface area (Å²) >= 11 is 0. The third-order valence-corrected chi connectivity index (χ3v) is 6.50. The Hall–Kier alpha value is -4.46. The molecular weight excluding hydrogens is 459 g/mol. The van der Waals surface area contributed by atoms with Crippen molar-refractivity contribution in [1.82, 2.24) is 9.55 Å². The highest BCUT2D eigenvalue weighted by Gasteiger charge is 2.29. The maximum Gasteiger partial charge on any atom is 0.355 e. The fourth-order valence-electron chi connectivity index (χ4n) is 4.78. The average molecular weight is 485 g/mol. The van der Waals surface area contributed by atoms with E-state index in [1.807, 2.05) is 30.3 Å². The van der Waals surface area contributed by atoms with Crippen LogP contribution < -0.4 is 10.2 Å². The first kappa shape index (κ1) is 23.3. The smallest absolute Gasteiger partial charge is 0.355 e. The number of fused-ring (bicyclic) bond motifs is 1. The number of pyridine rings is 1. The van der Waals surface area contributed by atoms with Crippen molar-refractivity contribution in [3.05, 3.63) is 84.1 Å². The molecule has 1 aliphatic rings. The van der Waals surface area contributed by atoms with Gasteiger partial charge in [-0.05, 0) is 59.5 Å². The lowest BCUT2D eigenvalue weighted by molar-refractivity contribution is -0.116. The Morgan fingerprint density at radius 2 is 1.69 bits per heavy atom. The lowest BCUT2D eigenvalue weighted by Crippen LogP contribution is -2.25. The van der Waals surface area contributed by atoms with Crippen LogP contribution in [0.5, 0.6) is 0 Å². The van der Waals surface area contributed by atoms with Gasteiger partial charge in [0.15, 0.2) is 0 Å². The van der Waals surface area contributed by atoms with Crippen LogP contribution in [-0.2, 0) is 23.0 Å². The molecule has 2 aromatic heterocycles. The summed E-state index contributed by atoms with van der Waals surface area (Å²) in [6.07, 6.45) is 4.17. The average Bonchev–Trinajstić information content (AvgIpc) is 3.43. The molecule has 1 aliphatic heterocycles. The van der Waals surface area contributed by atoms with Gasteiger partial charge in [0, 0.05) is 55.4 Å². The number of hydrogen-bond donors (Lipinski definition) is 1. The van der Waals surface area contributed by atoms with Gasteiger partial charge in [-0.15, -0.1) is 0 Å². The standard InChI is InChI=1S/C28H25FN4O3/c1-17(34)33-15-12-18-6-9-22(16-23(18)33)31-27-25(20-10-13-30-14-11-20)24(19-4-7-21(29)8-5-19)26(32(27)2)28(35)36-3/h4-11,13-14,16,31H,12,15H2,1-3H3. The maximum absolute atomic E-state index is 13.8. The Bertz CT molecular complexity index is 1460. The van der Waals surface area contributed by atoms with Crippen LogP contribution in [0.4, 0.5) is 21.6 Å². The Labute approximate surface area is 208 Å². The highest BCUT2D eigenvalue weighted by atomic mass is 19.1. The number of nitrogens with one attached hydrogen (secondary N) is 1.